The highest BCUT2D eigenvalue weighted by Gasteiger charge is 2.29. The maximum atomic E-state index is 12.0. The Morgan fingerprint density at radius 1 is 1.27 bits per heavy atom. The fourth-order valence-electron chi connectivity index (χ4n) is 3.03. The monoisotopic (exact) mass is 304 g/mol. The van der Waals surface area contributed by atoms with Crippen LogP contribution >= 0.6 is 0 Å². The SMILES string of the molecule is Cc1cc([C@H]2CCCN2Cc2cc(=O)n(C)c(=O)n2C)no1. The van der Waals surface area contributed by atoms with Gasteiger partial charge in [0.25, 0.3) is 5.56 Å². The van der Waals surface area contributed by atoms with E-state index >= 15 is 0 Å². The molecule has 1 atom stereocenters. The van der Waals surface area contributed by atoms with Crippen molar-refractivity contribution < 1.29 is 4.52 Å². The van der Waals surface area contributed by atoms with Gasteiger partial charge in [-0.05, 0) is 26.3 Å². The number of aryl methyl sites for hydroxylation is 1. The number of hydrogen-bond donors (Lipinski definition) is 0. The summed E-state index contributed by atoms with van der Waals surface area (Å²) in [5.74, 6) is 0.794. The summed E-state index contributed by atoms with van der Waals surface area (Å²) in [6, 6.07) is 3.66. The van der Waals surface area contributed by atoms with Gasteiger partial charge in [-0.1, -0.05) is 5.16 Å². The lowest BCUT2D eigenvalue weighted by Crippen LogP contribution is -2.39. The molecule has 22 heavy (non-hydrogen) atoms. The molecule has 0 unspecified atom stereocenters. The molecule has 3 rings (SSSR count). The number of nitrogens with zero attached hydrogens (tertiary/aromatic N) is 4. The van der Waals surface area contributed by atoms with Crippen molar-refractivity contribution in [2.45, 2.75) is 32.4 Å². The maximum absolute atomic E-state index is 12.0. The molecule has 7 nitrogen and oxygen atoms in total. The van der Waals surface area contributed by atoms with Crippen molar-refractivity contribution in [1.29, 1.82) is 0 Å². The van der Waals surface area contributed by atoms with Crippen LogP contribution in [0.3, 0.4) is 0 Å². The van der Waals surface area contributed by atoms with Gasteiger partial charge in [0, 0.05) is 38.5 Å². The molecule has 118 valence electrons. The lowest BCUT2D eigenvalue weighted by atomic mass is 10.1. The molecule has 0 amide bonds. The van der Waals surface area contributed by atoms with Gasteiger partial charge >= 0.3 is 5.69 Å². The van der Waals surface area contributed by atoms with Gasteiger partial charge in [-0.15, -0.1) is 0 Å². The molecule has 0 aromatic carbocycles. The summed E-state index contributed by atoms with van der Waals surface area (Å²) in [6.45, 7) is 3.35. The molecule has 2 aromatic rings. The van der Waals surface area contributed by atoms with Gasteiger partial charge in [-0.2, -0.15) is 0 Å². The van der Waals surface area contributed by atoms with Gasteiger partial charge in [0.05, 0.1) is 6.04 Å². The number of rotatable bonds is 3. The highest BCUT2D eigenvalue weighted by molar-refractivity contribution is 5.12. The van der Waals surface area contributed by atoms with E-state index in [1.807, 2.05) is 13.0 Å². The molecule has 0 aliphatic carbocycles. The molecule has 3 heterocycles. The molecule has 1 fully saturated rings. The highest BCUT2D eigenvalue weighted by Crippen LogP contribution is 2.32. The average Bonchev–Trinajstić information content (AvgIpc) is 3.11. The fourth-order valence-corrected chi connectivity index (χ4v) is 3.03. The quantitative estimate of drug-likeness (QED) is 0.835. The van der Waals surface area contributed by atoms with Crippen molar-refractivity contribution in [1.82, 2.24) is 19.2 Å². The Morgan fingerprint density at radius 3 is 2.73 bits per heavy atom. The minimum absolute atomic E-state index is 0.177. The van der Waals surface area contributed by atoms with Crippen molar-refractivity contribution in [3.05, 3.63) is 50.1 Å². The molecule has 1 aliphatic heterocycles. The summed E-state index contributed by atoms with van der Waals surface area (Å²) in [4.78, 5) is 26.1. The van der Waals surface area contributed by atoms with E-state index in [9.17, 15) is 9.59 Å². The van der Waals surface area contributed by atoms with Crippen LogP contribution in [0.1, 0.15) is 36.0 Å². The van der Waals surface area contributed by atoms with Gasteiger partial charge in [-0.3, -0.25) is 18.8 Å². The first-order valence-electron chi connectivity index (χ1n) is 7.40. The molecule has 0 N–H and O–H groups in total. The van der Waals surface area contributed by atoms with Gasteiger partial charge in [0.1, 0.15) is 11.5 Å². The summed E-state index contributed by atoms with van der Waals surface area (Å²) < 4.78 is 7.82. The second kappa shape index (κ2) is 5.57. The zero-order valence-electron chi connectivity index (χ0n) is 13.1. The van der Waals surface area contributed by atoms with E-state index in [0.29, 0.717) is 6.54 Å². The van der Waals surface area contributed by atoms with Gasteiger partial charge in [0.2, 0.25) is 0 Å². The predicted octanol–water partition coefficient (Wildman–Crippen LogP) is 0.718. The maximum Gasteiger partial charge on any atom is 0.330 e. The zero-order chi connectivity index (χ0) is 15.9. The molecular formula is C15H20N4O3. The van der Waals surface area contributed by atoms with Crippen molar-refractivity contribution in [2.24, 2.45) is 14.1 Å². The van der Waals surface area contributed by atoms with E-state index in [-0.39, 0.29) is 17.3 Å². The molecule has 1 saturated heterocycles. The lowest BCUT2D eigenvalue weighted by molar-refractivity contribution is 0.230. The van der Waals surface area contributed by atoms with Crippen LogP contribution in [0.2, 0.25) is 0 Å². The van der Waals surface area contributed by atoms with Crippen LogP contribution in [0, 0.1) is 6.92 Å². The van der Waals surface area contributed by atoms with Crippen molar-refractivity contribution >= 4 is 0 Å². The van der Waals surface area contributed by atoms with E-state index in [4.69, 9.17) is 4.52 Å². The Labute approximate surface area is 127 Å². The van der Waals surface area contributed by atoms with Crippen LogP contribution < -0.4 is 11.2 Å². The third kappa shape index (κ3) is 2.52. The number of hydrogen-bond acceptors (Lipinski definition) is 5. The second-order valence-corrected chi connectivity index (χ2v) is 5.87. The summed E-state index contributed by atoms with van der Waals surface area (Å²) >= 11 is 0. The molecule has 0 spiro atoms. The van der Waals surface area contributed by atoms with E-state index in [1.54, 1.807) is 7.05 Å². The Hall–Kier alpha value is -2.15. The number of aromatic nitrogens is 3. The van der Waals surface area contributed by atoms with E-state index in [0.717, 1.165) is 41.1 Å². The van der Waals surface area contributed by atoms with Crippen molar-refractivity contribution in [3.63, 3.8) is 0 Å². The largest absolute Gasteiger partial charge is 0.361 e. The molecule has 1 aliphatic rings. The smallest absolute Gasteiger partial charge is 0.330 e. The second-order valence-electron chi connectivity index (χ2n) is 5.87. The average molecular weight is 304 g/mol. The van der Waals surface area contributed by atoms with Crippen LogP contribution in [0.15, 0.2) is 26.2 Å². The zero-order valence-corrected chi connectivity index (χ0v) is 13.1. The first-order valence-corrected chi connectivity index (χ1v) is 7.40. The van der Waals surface area contributed by atoms with Crippen LogP contribution in [0.5, 0.6) is 0 Å². The number of likely N-dealkylation sites (tertiary alicyclic amines) is 1. The highest BCUT2D eigenvalue weighted by atomic mass is 16.5. The normalized spacial score (nSPS) is 19.0. The van der Waals surface area contributed by atoms with Crippen LogP contribution in [0.4, 0.5) is 0 Å². The lowest BCUT2D eigenvalue weighted by Gasteiger charge is -2.23. The Bertz CT molecular complexity index is 802. The first kappa shape index (κ1) is 14.8. The Balaban J connectivity index is 1.90. The van der Waals surface area contributed by atoms with E-state index < -0.39 is 0 Å². The van der Waals surface area contributed by atoms with Gasteiger partial charge in [0.15, 0.2) is 0 Å². The molecule has 0 saturated carbocycles. The molecular weight excluding hydrogens is 284 g/mol. The van der Waals surface area contributed by atoms with Crippen LogP contribution in [0.25, 0.3) is 0 Å². The molecule has 2 aromatic heterocycles. The topological polar surface area (TPSA) is 73.3 Å². The van der Waals surface area contributed by atoms with Gasteiger partial charge in [-0.25, -0.2) is 4.79 Å². The summed E-state index contributed by atoms with van der Waals surface area (Å²) in [7, 11) is 3.19. The van der Waals surface area contributed by atoms with E-state index in [2.05, 4.69) is 10.1 Å². The van der Waals surface area contributed by atoms with Crippen molar-refractivity contribution in [2.75, 3.05) is 6.54 Å². The molecule has 0 radical (unpaired) electrons. The van der Waals surface area contributed by atoms with E-state index in [1.165, 1.54) is 17.7 Å². The standard InChI is InChI=1S/C15H20N4O3/c1-10-7-12(16-22-10)13-5-4-6-19(13)9-11-8-14(20)18(3)15(21)17(11)2/h7-8,13H,4-6,9H2,1-3H3/t13-/m1/s1. The minimum Gasteiger partial charge on any atom is -0.361 e. The van der Waals surface area contributed by atoms with Gasteiger partial charge < -0.3 is 4.52 Å². The first-order chi connectivity index (χ1) is 10.5. The fraction of sp³-hybridized carbons (Fsp3) is 0.533. The Morgan fingerprint density at radius 2 is 2.05 bits per heavy atom. The Kier molecular flexibility index (Phi) is 3.74. The summed E-state index contributed by atoms with van der Waals surface area (Å²) in [5, 5.41) is 4.11. The van der Waals surface area contributed by atoms with Crippen molar-refractivity contribution in [3.8, 4) is 0 Å². The molecule has 0 bridgehead atoms. The summed E-state index contributed by atoms with van der Waals surface area (Å²) in [6.07, 6.45) is 2.07. The van der Waals surface area contributed by atoms with Crippen LogP contribution in [-0.4, -0.2) is 25.7 Å². The summed E-state index contributed by atoms with van der Waals surface area (Å²) in [5.41, 5.74) is 1.07. The third-order valence-corrected chi connectivity index (χ3v) is 4.34. The third-order valence-electron chi connectivity index (χ3n) is 4.34. The molecule has 7 heteroatoms. The minimum atomic E-state index is -0.296. The van der Waals surface area contributed by atoms with Crippen LogP contribution in [-0.2, 0) is 20.6 Å². The predicted molar refractivity (Wildman–Crippen MR) is 80.5 cm³/mol.